The van der Waals surface area contributed by atoms with Crippen molar-refractivity contribution in [2.24, 2.45) is 0 Å². The normalized spacial score (nSPS) is 21.9. The third-order valence-electron chi connectivity index (χ3n) is 4.30. The molecule has 2 heterocycles. The lowest BCUT2D eigenvalue weighted by atomic mass is 9.96. The van der Waals surface area contributed by atoms with Crippen LogP contribution in [0.5, 0.6) is 17.2 Å². The Kier molecular flexibility index (Phi) is 3.17. The maximum Gasteiger partial charge on any atom is 0.231 e. The van der Waals surface area contributed by atoms with Gasteiger partial charge in [-0.15, -0.1) is 0 Å². The molecule has 0 unspecified atom stereocenters. The minimum Gasteiger partial charge on any atom is -0.507 e. The summed E-state index contributed by atoms with van der Waals surface area (Å²) in [6.07, 6.45) is 0.638. The molecular weight excluding hydrogens is 282 g/mol. The number of hydrogen-bond donors (Lipinski definition) is 3. The van der Waals surface area contributed by atoms with Crippen molar-refractivity contribution in [2.75, 3.05) is 13.4 Å². The van der Waals surface area contributed by atoms with Gasteiger partial charge in [-0.3, -0.25) is 5.32 Å². The zero-order chi connectivity index (χ0) is 15.1. The first kappa shape index (κ1) is 13.4. The quantitative estimate of drug-likeness (QED) is 0.811. The van der Waals surface area contributed by atoms with Crippen LogP contribution in [0, 0.1) is 0 Å². The minimum atomic E-state index is -0.123. The fraction of sp³-hybridized carbons (Fsp3) is 0.294. The molecule has 2 aromatic rings. The maximum atomic E-state index is 10.4. The highest BCUT2D eigenvalue weighted by Crippen LogP contribution is 2.45. The van der Waals surface area contributed by atoms with Crippen molar-refractivity contribution in [1.82, 2.24) is 5.32 Å². The van der Waals surface area contributed by atoms with Crippen LogP contribution < -0.4 is 14.8 Å². The van der Waals surface area contributed by atoms with E-state index in [0.29, 0.717) is 17.9 Å². The molecule has 2 aliphatic heterocycles. The first-order chi connectivity index (χ1) is 10.8. The molecule has 114 valence electrons. The average Bonchev–Trinajstić information content (AvgIpc) is 3.11. The maximum absolute atomic E-state index is 10.4. The lowest BCUT2D eigenvalue weighted by molar-refractivity contribution is 0.174. The van der Waals surface area contributed by atoms with Crippen molar-refractivity contribution in [3.63, 3.8) is 0 Å². The summed E-state index contributed by atoms with van der Waals surface area (Å²) in [6.45, 7) is 0.298. The Hall–Kier alpha value is -2.24. The Morgan fingerprint density at radius 2 is 1.77 bits per heavy atom. The number of hydrogen-bond acceptors (Lipinski definition) is 5. The van der Waals surface area contributed by atoms with Gasteiger partial charge in [-0.1, -0.05) is 24.3 Å². The molecule has 0 aromatic heterocycles. The molecule has 4 rings (SSSR count). The van der Waals surface area contributed by atoms with Crippen molar-refractivity contribution in [3.8, 4) is 17.2 Å². The van der Waals surface area contributed by atoms with Crippen molar-refractivity contribution < 1.29 is 19.7 Å². The van der Waals surface area contributed by atoms with Gasteiger partial charge in [-0.05, 0) is 23.6 Å². The van der Waals surface area contributed by atoms with Gasteiger partial charge >= 0.3 is 0 Å². The molecule has 2 aliphatic rings. The predicted octanol–water partition coefficient (Wildman–Crippen LogP) is 2.24. The first-order valence-electron chi connectivity index (χ1n) is 7.36. The van der Waals surface area contributed by atoms with Crippen LogP contribution in [0.4, 0.5) is 0 Å². The lowest BCUT2D eigenvalue weighted by Crippen LogP contribution is -2.19. The van der Waals surface area contributed by atoms with Crippen molar-refractivity contribution in [3.05, 3.63) is 53.1 Å². The van der Waals surface area contributed by atoms with Crippen LogP contribution >= 0.6 is 0 Å². The zero-order valence-corrected chi connectivity index (χ0v) is 12.0. The number of rotatable bonds is 3. The predicted molar refractivity (Wildman–Crippen MR) is 80.1 cm³/mol. The summed E-state index contributed by atoms with van der Waals surface area (Å²) in [4.78, 5) is 0. The molecule has 0 fully saturated rings. The number of aromatic hydroxyl groups is 1. The van der Waals surface area contributed by atoms with Crippen molar-refractivity contribution in [1.29, 1.82) is 0 Å². The van der Waals surface area contributed by atoms with Gasteiger partial charge in [0.05, 0.1) is 6.04 Å². The first-order valence-corrected chi connectivity index (χ1v) is 7.36. The molecule has 0 saturated carbocycles. The molecule has 0 bridgehead atoms. The van der Waals surface area contributed by atoms with Gasteiger partial charge in [0.25, 0.3) is 0 Å². The monoisotopic (exact) mass is 299 g/mol. The van der Waals surface area contributed by atoms with Gasteiger partial charge in [0, 0.05) is 24.3 Å². The van der Waals surface area contributed by atoms with E-state index in [0.717, 1.165) is 11.1 Å². The fourth-order valence-corrected chi connectivity index (χ4v) is 3.28. The summed E-state index contributed by atoms with van der Waals surface area (Å²) in [7, 11) is 0. The van der Waals surface area contributed by atoms with E-state index >= 15 is 0 Å². The van der Waals surface area contributed by atoms with Crippen LogP contribution in [-0.4, -0.2) is 23.6 Å². The van der Waals surface area contributed by atoms with Gasteiger partial charge in [-0.2, -0.15) is 0 Å². The molecule has 5 heteroatoms. The van der Waals surface area contributed by atoms with Gasteiger partial charge in [0.1, 0.15) is 5.75 Å². The largest absolute Gasteiger partial charge is 0.507 e. The number of ether oxygens (including phenoxy) is 2. The van der Waals surface area contributed by atoms with E-state index in [2.05, 4.69) is 11.4 Å². The molecule has 22 heavy (non-hydrogen) atoms. The van der Waals surface area contributed by atoms with Gasteiger partial charge in [-0.25, -0.2) is 0 Å². The molecular formula is C17H17NO4. The van der Waals surface area contributed by atoms with Crippen molar-refractivity contribution in [2.45, 2.75) is 18.5 Å². The van der Waals surface area contributed by atoms with Crippen LogP contribution in [0.15, 0.2) is 36.4 Å². The number of aliphatic hydroxyl groups is 1. The smallest absolute Gasteiger partial charge is 0.231 e. The molecule has 0 amide bonds. The van der Waals surface area contributed by atoms with E-state index in [1.54, 1.807) is 6.07 Å². The molecule has 0 saturated heterocycles. The SMILES string of the molecule is OCC[C@@H]1N[C@H](c2cc3c(cc2O)OCO3)c2ccccc21. The Morgan fingerprint density at radius 3 is 2.55 bits per heavy atom. The summed E-state index contributed by atoms with van der Waals surface area (Å²) in [5, 5.41) is 23.1. The Morgan fingerprint density at radius 1 is 1.05 bits per heavy atom. The zero-order valence-electron chi connectivity index (χ0n) is 12.0. The number of phenols is 1. The summed E-state index contributed by atoms with van der Waals surface area (Å²) in [5.41, 5.74) is 3.05. The third kappa shape index (κ3) is 2.01. The Bertz CT molecular complexity index is 716. The van der Waals surface area contributed by atoms with E-state index in [4.69, 9.17) is 9.47 Å². The summed E-state index contributed by atoms with van der Waals surface area (Å²) >= 11 is 0. The topological polar surface area (TPSA) is 71.0 Å². The highest BCUT2D eigenvalue weighted by atomic mass is 16.7. The lowest BCUT2D eigenvalue weighted by Gasteiger charge is -2.17. The van der Waals surface area contributed by atoms with E-state index < -0.39 is 0 Å². The second kappa shape index (κ2) is 5.19. The molecule has 0 aliphatic carbocycles. The van der Waals surface area contributed by atoms with Crippen molar-refractivity contribution >= 4 is 0 Å². The van der Waals surface area contributed by atoms with E-state index in [9.17, 15) is 10.2 Å². The number of fused-ring (bicyclic) bond motifs is 2. The Labute approximate surface area is 128 Å². The van der Waals surface area contributed by atoms with E-state index in [1.165, 1.54) is 5.56 Å². The number of benzene rings is 2. The Balaban J connectivity index is 1.78. The molecule has 0 radical (unpaired) electrons. The summed E-state index contributed by atoms with van der Waals surface area (Å²) in [6, 6.07) is 11.5. The second-order valence-electron chi connectivity index (χ2n) is 5.56. The van der Waals surface area contributed by atoms with Crippen LogP contribution in [0.3, 0.4) is 0 Å². The summed E-state index contributed by atoms with van der Waals surface area (Å²) in [5.74, 6) is 1.40. The molecule has 3 N–H and O–H groups in total. The molecule has 0 spiro atoms. The summed E-state index contributed by atoms with van der Waals surface area (Å²) < 4.78 is 10.7. The number of nitrogens with one attached hydrogen (secondary N) is 1. The van der Waals surface area contributed by atoms with Gasteiger partial charge in [0.15, 0.2) is 11.5 Å². The molecule has 5 nitrogen and oxygen atoms in total. The number of aliphatic hydroxyl groups excluding tert-OH is 1. The van der Waals surface area contributed by atoms with Crippen LogP contribution in [0.2, 0.25) is 0 Å². The van der Waals surface area contributed by atoms with Gasteiger partial charge in [0.2, 0.25) is 6.79 Å². The van der Waals surface area contributed by atoms with Gasteiger partial charge < -0.3 is 19.7 Å². The molecule has 2 aromatic carbocycles. The fourth-order valence-electron chi connectivity index (χ4n) is 3.28. The highest BCUT2D eigenvalue weighted by molar-refractivity contribution is 5.56. The standard InChI is InChI=1S/C17H17NO4/c19-6-5-13-10-3-1-2-4-11(10)17(18-13)12-7-15-16(8-14(12)20)22-9-21-15/h1-4,7-8,13,17-20H,5-6,9H2/t13-,17-/m0/s1. The number of phenolic OH excluding ortho intramolecular Hbond substituents is 1. The van der Waals surface area contributed by atoms with Crippen LogP contribution in [0.1, 0.15) is 35.2 Å². The van der Waals surface area contributed by atoms with Crippen LogP contribution in [0.25, 0.3) is 0 Å². The minimum absolute atomic E-state index is 0.0797. The second-order valence-corrected chi connectivity index (χ2v) is 5.56. The highest BCUT2D eigenvalue weighted by Gasteiger charge is 2.33. The third-order valence-corrected chi connectivity index (χ3v) is 4.30. The average molecular weight is 299 g/mol. The van der Waals surface area contributed by atoms with E-state index in [1.807, 2.05) is 24.3 Å². The van der Waals surface area contributed by atoms with E-state index in [-0.39, 0.29) is 31.2 Å². The van der Waals surface area contributed by atoms with Crippen LogP contribution in [-0.2, 0) is 0 Å². The molecule has 2 atom stereocenters.